The van der Waals surface area contributed by atoms with Crippen molar-refractivity contribution < 1.29 is 0 Å². The molecule has 2 N–H and O–H groups in total. The van der Waals surface area contributed by atoms with Gasteiger partial charge in [0.15, 0.2) is 0 Å². The van der Waals surface area contributed by atoms with Crippen molar-refractivity contribution in [2.24, 2.45) is 0 Å². The predicted molar refractivity (Wildman–Crippen MR) is 95.1 cm³/mol. The van der Waals surface area contributed by atoms with Crippen molar-refractivity contribution in [1.82, 2.24) is 5.32 Å². The predicted octanol–water partition coefficient (Wildman–Crippen LogP) is 4.82. The smallest absolute Gasteiger partial charge is 0.0348 e. The molecule has 0 saturated heterocycles. The van der Waals surface area contributed by atoms with E-state index in [1.165, 1.54) is 48.1 Å². The summed E-state index contributed by atoms with van der Waals surface area (Å²) in [6, 6.07) is 18.4. The van der Waals surface area contributed by atoms with Crippen LogP contribution in [0, 0.1) is 0 Å². The van der Waals surface area contributed by atoms with E-state index in [1.54, 1.807) is 0 Å². The molecular formula is C20H26N2. The van der Waals surface area contributed by atoms with Gasteiger partial charge in [0.05, 0.1) is 0 Å². The third-order valence-corrected chi connectivity index (χ3v) is 4.38. The summed E-state index contributed by atoms with van der Waals surface area (Å²) < 4.78 is 0. The zero-order valence-electron chi connectivity index (χ0n) is 13.4. The Morgan fingerprint density at radius 2 is 1.82 bits per heavy atom. The van der Waals surface area contributed by atoms with Crippen LogP contribution in [0.5, 0.6) is 0 Å². The second-order valence-electron chi connectivity index (χ2n) is 6.23. The zero-order valence-corrected chi connectivity index (χ0v) is 13.4. The van der Waals surface area contributed by atoms with Crippen LogP contribution in [-0.2, 0) is 6.54 Å². The number of rotatable bonds is 7. The Bertz CT molecular complexity index is 585. The maximum absolute atomic E-state index is 3.62. The summed E-state index contributed by atoms with van der Waals surface area (Å²) in [7, 11) is 0. The van der Waals surface area contributed by atoms with Crippen LogP contribution in [0.3, 0.4) is 0 Å². The van der Waals surface area contributed by atoms with Gasteiger partial charge in [-0.3, -0.25) is 0 Å². The van der Waals surface area contributed by atoms with Crippen molar-refractivity contribution in [3.05, 3.63) is 54.1 Å². The lowest BCUT2D eigenvalue weighted by Gasteiger charge is -2.27. The number of hydrogen-bond donors (Lipinski definition) is 2. The largest absolute Gasteiger partial charge is 0.382 e. The minimum Gasteiger partial charge on any atom is -0.382 e. The first-order chi connectivity index (χ1) is 10.8. The van der Waals surface area contributed by atoms with Gasteiger partial charge in [-0.25, -0.2) is 0 Å². The normalized spacial score (nSPS) is 14.6. The van der Waals surface area contributed by atoms with Crippen molar-refractivity contribution >= 4 is 5.69 Å². The summed E-state index contributed by atoms with van der Waals surface area (Å²) >= 11 is 0. The topological polar surface area (TPSA) is 24.1 Å². The third kappa shape index (κ3) is 3.89. The van der Waals surface area contributed by atoms with E-state index in [-0.39, 0.29) is 0 Å². The Morgan fingerprint density at radius 3 is 2.50 bits per heavy atom. The molecule has 2 aromatic carbocycles. The maximum atomic E-state index is 3.62. The van der Waals surface area contributed by atoms with E-state index in [2.05, 4.69) is 66.1 Å². The molecule has 0 bridgehead atoms. The highest BCUT2D eigenvalue weighted by Crippen LogP contribution is 2.27. The summed E-state index contributed by atoms with van der Waals surface area (Å²) in [5, 5.41) is 7.07. The molecule has 3 rings (SSSR count). The van der Waals surface area contributed by atoms with Crippen LogP contribution in [0.4, 0.5) is 5.69 Å². The molecule has 0 aromatic heterocycles. The van der Waals surface area contributed by atoms with Crippen molar-refractivity contribution in [3.8, 4) is 11.1 Å². The van der Waals surface area contributed by atoms with Gasteiger partial charge in [0.1, 0.15) is 0 Å². The number of nitrogens with one attached hydrogen (secondary N) is 2. The molecule has 0 heterocycles. The zero-order chi connectivity index (χ0) is 15.2. The van der Waals surface area contributed by atoms with Crippen molar-refractivity contribution in [3.63, 3.8) is 0 Å². The Kier molecular flexibility index (Phi) is 5.12. The SMILES string of the molecule is CCCNCc1ccc(-c2cccc(NC3CCC3)c2)cc1. The van der Waals surface area contributed by atoms with Crippen LogP contribution in [-0.4, -0.2) is 12.6 Å². The van der Waals surface area contributed by atoms with Gasteiger partial charge in [-0.15, -0.1) is 0 Å². The fraction of sp³-hybridized carbons (Fsp3) is 0.400. The first-order valence-corrected chi connectivity index (χ1v) is 8.52. The van der Waals surface area contributed by atoms with Gasteiger partial charge >= 0.3 is 0 Å². The molecule has 1 fully saturated rings. The molecule has 0 radical (unpaired) electrons. The van der Waals surface area contributed by atoms with Crippen molar-refractivity contribution in [1.29, 1.82) is 0 Å². The molecule has 116 valence electrons. The fourth-order valence-corrected chi connectivity index (χ4v) is 2.80. The molecule has 0 unspecified atom stereocenters. The second-order valence-corrected chi connectivity index (χ2v) is 6.23. The van der Waals surface area contributed by atoms with E-state index >= 15 is 0 Å². The van der Waals surface area contributed by atoms with E-state index in [0.29, 0.717) is 6.04 Å². The van der Waals surface area contributed by atoms with Crippen LogP contribution in [0.1, 0.15) is 38.2 Å². The van der Waals surface area contributed by atoms with E-state index in [0.717, 1.165) is 13.1 Å². The molecule has 1 aliphatic rings. The van der Waals surface area contributed by atoms with Crippen LogP contribution in [0.2, 0.25) is 0 Å². The van der Waals surface area contributed by atoms with Gasteiger partial charge in [-0.05, 0) is 61.1 Å². The van der Waals surface area contributed by atoms with E-state index < -0.39 is 0 Å². The minimum atomic E-state index is 0.683. The minimum absolute atomic E-state index is 0.683. The molecule has 2 nitrogen and oxygen atoms in total. The van der Waals surface area contributed by atoms with E-state index in [1.807, 2.05) is 0 Å². The molecule has 2 aromatic rings. The van der Waals surface area contributed by atoms with Crippen molar-refractivity contribution in [2.75, 3.05) is 11.9 Å². The summed E-state index contributed by atoms with van der Waals surface area (Å²) in [5.41, 5.74) is 5.17. The highest BCUT2D eigenvalue weighted by molar-refractivity contribution is 5.68. The maximum Gasteiger partial charge on any atom is 0.0348 e. The Morgan fingerprint density at radius 1 is 1.00 bits per heavy atom. The molecular weight excluding hydrogens is 268 g/mol. The number of hydrogen-bond acceptors (Lipinski definition) is 2. The molecule has 2 heteroatoms. The average molecular weight is 294 g/mol. The Labute approximate surface area is 134 Å². The lowest BCUT2D eigenvalue weighted by molar-refractivity contribution is 0.445. The summed E-state index contributed by atoms with van der Waals surface area (Å²) in [6.07, 6.45) is 5.16. The number of benzene rings is 2. The molecule has 1 saturated carbocycles. The quantitative estimate of drug-likeness (QED) is 0.716. The average Bonchev–Trinajstić information content (AvgIpc) is 2.52. The first kappa shape index (κ1) is 15.1. The highest BCUT2D eigenvalue weighted by Gasteiger charge is 2.16. The van der Waals surface area contributed by atoms with Gasteiger partial charge in [0.25, 0.3) is 0 Å². The molecule has 0 atom stereocenters. The van der Waals surface area contributed by atoms with E-state index in [9.17, 15) is 0 Å². The summed E-state index contributed by atoms with van der Waals surface area (Å²) in [4.78, 5) is 0. The molecule has 0 aliphatic heterocycles. The van der Waals surface area contributed by atoms with Crippen LogP contribution in [0.15, 0.2) is 48.5 Å². The third-order valence-electron chi connectivity index (χ3n) is 4.38. The van der Waals surface area contributed by atoms with Crippen LogP contribution >= 0.6 is 0 Å². The molecule has 1 aliphatic carbocycles. The second kappa shape index (κ2) is 7.46. The lowest BCUT2D eigenvalue weighted by atomic mass is 9.93. The van der Waals surface area contributed by atoms with Crippen molar-refractivity contribution in [2.45, 2.75) is 45.2 Å². The van der Waals surface area contributed by atoms with Gasteiger partial charge < -0.3 is 10.6 Å². The Balaban J connectivity index is 1.66. The monoisotopic (exact) mass is 294 g/mol. The lowest BCUT2D eigenvalue weighted by Crippen LogP contribution is -2.26. The Hall–Kier alpha value is -1.80. The van der Waals surface area contributed by atoms with Crippen LogP contribution < -0.4 is 10.6 Å². The van der Waals surface area contributed by atoms with E-state index in [4.69, 9.17) is 0 Å². The molecule has 0 spiro atoms. The molecule has 22 heavy (non-hydrogen) atoms. The number of anilines is 1. The van der Waals surface area contributed by atoms with Crippen LogP contribution in [0.25, 0.3) is 11.1 Å². The summed E-state index contributed by atoms with van der Waals surface area (Å²) in [6.45, 7) is 4.23. The fourth-order valence-electron chi connectivity index (χ4n) is 2.80. The molecule has 0 amide bonds. The van der Waals surface area contributed by atoms with Gasteiger partial charge in [0, 0.05) is 18.3 Å². The van der Waals surface area contributed by atoms with Gasteiger partial charge in [-0.2, -0.15) is 0 Å². The summed E-state index contributed by atoms with van der Waals surface area (Å²) in [5.74, 6) is 0. The first-order valence-electron chi connectivity index (χ1n) is 8.52. The van der Waals surface area contributed by atoms with Gasteiger partial charge in [-0.1, -0.05) is 43.3 Å². The standard InChI is InChI=1S/C20H26N2/c1-2-13-21-15-16-9-11-17(12-10-16)18-5-3-8-20(14-18)22-19-6-4-7-19/h3,5,8-12,14,19,21-22H,2,4,6-7,13,15H2,1H3. The highest BCUT2D eigenvalue weighted by atomic mass is 14.9. The van der Waals surface area contributed by atoms with Gasteiger partial charge in [0.2, 0.25) is 0 Å².